The largest absolute Gasteiger partial charge is 0.323 e. The normalized spacial score (nSPS) is 10.8. The molecule has 0 atom stereocenters. The van der Waals surface area contributed by atoms with E-state index in [-0.39, 0.29) is 11.6 Å². The number of amides is 2. The molecule has 7 nitrogen and oxygen atoms in total. The Bertz CT molecular complexity index is 1370. The Morgan fingerprint density at radius 3 is 2.33 bits per heavy atom. The number of nitrogens with one attached hydrogen (secondary N) is 2. The average Bonchev–Trinajstić information content (AvgIpc) is 2.83. The van der Waals surface area contributed by atoms with Crippen LogP contribution in [-0.4, -0.2) is 16.7 Å². The second-order valence-electron chi connectivity index (χ2n) is 7.23. The van der Waals surface area contributed by atoms with Crippen molar-refractivity contribution in [3.05, 3.63) is 118 Å². The van der Waals surface area contributed by atoms with Crippen molar-refractivity contribution in [2.75, 3.05) is 10.6 Å². The molecular weight excluding hydrogens is 418 g/mol. The summed E-state index contributed by atoms with van der Waals surface area (Å²) in [5.41, 5.74) is 2.19. The van der Waals surface area contributed by atoms with Crippen LogP contribution < -0.4 is 10.6 Å². The topological polar surface area (TPSA) is 101 Å². The smallest absolute Gasteiger partial charge is 0.270 e. The van der Waals surface area contributed by atoms with E-state index >= 15 is 0 Å². The first-order valence-corrected chi connectivity index (χ1v) is 10.1. The minimum atomic E-state index is -0.491. The van der Waals surface area contributed by atoms with Gasteiger partial charge in [-0.2, -0.15) is 0 Å². The van der Waals surface area contributed by atoms with E-state index in [2.05, 4.69) is 10.6 Å². The number of carbonyl (C=O) groups is 2. The van der Waals surface area contributed by atoms with Crippen molar-refractivity contribution >= 4 is 45.7 Å². The summed E-state index contributed by atoms with van der Waals surface area (Å²) in [6.45, 7) is 0. The van der Waals surface area contributed by atoms with Crippen LogP contribution >= 0.6 is 0 Å². The highest BCUT2D eigenvalue weighted by Gasteiger charge is 2.09. The second kappa shape index (κ2) is 9.57. The maximum Gasteiger partial charge on any atom is 0.270 e. The van der Waals surface area contributed by atoms with Gasteiger partial charge in [-0.05, 0) is 47.4 Å². The molecule has 0 saturated heterocycles. The number of nitro groups is 1. The van der Waals surface area contributed by atoms with Crippen LogP contribution in [0.25, 0.3) is 16.8 Å². The Labute approximate surface area is 189 Å². The minimum Gasteiger partial charge on any atom is -0.323 e. The fourth-order valence-corrected chi connectivity index (χ4v) is 3.33. The number of anilines is 2. The summed E-state index contributed by atoms with van der Waals surface area (Å²) in [6, 6.07) is 26.0. The molecule has 0 aliphatic heterocycles. The highest BCUT2D eigenvalue weighted by Crippen LogP contribution is 2.23. The van der Waals surface area contributed by atoms with Gasteiger partial charge in [-0.25, -0.2) is 0 Å². The minimum absolute atomic E-state index is 0.0464. The molecule has 0 aromatic heterocycles. The van der Waals surface area contributed by atoms with Gasteiger partial charge in [0.15, 0.2) is 0 Å². The van der Waals surface area contributed by atoms with E-state index in [1.165, 1.54) is 24.3 Å². The van der Waals surface area contributed by atoms with Crippen molar-refractivity contribution in [1.29, 1.82) is 0 Å². The maximum atomic E-state index is 12.7. The van der Waals surface area contributed by atoms with Crippen molar-refractivity contribution in [2.24, 2.45) is 0 Å². The van der Waals surface area contributed by atoms with Crippen molar-refractivity contribution in [3.63, 3.8) is 0 Å². The molecule has 4 aromatic rings. The third-order valence-corrected chi connectivity index (χ3v) is 4.96. The van der Waals surface area contributed by atoms with E-state index in [1.54, 1.807) is 36.4 Å². The lowest BCUT2D eigenvalue weighted by molar-refractivity contribution is -0.384. The molecule has 0 heterocycles. The standard InChI is InChI=1S/C26H19N3O4/c30-25(16-11-18-5-3-8-22(17-18)29(32)33)27-21-14-12-20(13-15-21)26(31)28-24-10-4-7-19-6-1-2-9-23(19)24/h1-17H,(H,27,30)(H,28,31). The molecule has 2 amide bonds. The second-order valence-corrected chi connectivity index (χ2v) is 7.23. The number of nitrogens with zero attached hydrogens (tertiary/aromatic N) is 1. The molecule has 4 aromatic carbocycles. The van der Waals surface area contributed by atoms with E-state index < -0.39 is 10.8 Å². The zero-order valence-corrected chi connectivity index (χ0v) is 17.4. The Morgan fingerprint density at radius 2 is 1.55 bits per heavy atom. The first-order valence-electron chi connectivity index (χ1n) is 10.1. The Kier molecular flexibility index (Phi) is 6.22. The Hall–Kier alpha value is -4.78. The zero-order chi connectivity index (χ0) is 23.2. The van der Waals surface area contributed by atoms with Gasteiger partial charge >= 0.3 is 0 Å². The summed E-state index contributed by atoms with van der Waals surface area (Å²) in [7, 11) is 0. The number of nitro benzene ring substituents is 1. The van der Waals surface area contributed by atoms with Gasteiger partial charge in [0, 0.05) is 40.5 Å². The molecule has 0 fully saturated rings. The Morgan fingerprint density at radius 1 is 0.818 bits per heavy atom. The van der Waals surface area contributed by atoms with Gasteiger partial charge in [0.05, 0.1) is 4.92 Å². The number of fused-ring (bicyclic) bond motifs is 1. The molecule has 0 aliphatic carbocycles. The van der Waals surface area contributed by atoms with Crippen molar-refractivity contribution < 1.29 is 14.5 Å². The van der Waals surface area contributed by atoms with Crippen LogP contribution in [0.15, 0.2) is 97.1 Å². The lowest BCUT2D eigenvalue weighted by Gasteiger charge is -2.09. The zero-order valence-electron chi connectivity index (χ0n) is 17.4. The third-order valence-electron chi connectivity index (χ3n) is 4.96. The summed E-state index contributed by atoms with van der Waals surface area (Å²) in [5, 5.41) is 18.5. The van der Waals surface area contributed by atoms with Crippen LogP contribution in [0, 0.1) is 10.1 Å². The van der Waals surface area contributed by atoms with Crippen LogP contribution in [0.3, 0.4) is 0 Å². The summed E-state index contributed by atoms with van der Waals surface area (Å²) >= 11 is 0. The van der Waals surface area contributed by atoms with E-state index in [1.807, 2.05) is 42.5 Å². The molecule has 0 unspecified atom stereocenters. The van der Waals surface area contributed by atoms with Gasteiger partial charge in [-0.1, -0.05) is 48.5 Å². The Balaban J connectivity index is 1.39. The van der Waals surface area contributed by atoms with Crippen molar-refractivity contribution in [1.82, 2.24) is 0 Å². The number of non-ortho nitro benzene ring substituents is 1. The van der Waals surface area contributed by atoms with Gasteiger partial charge in [0.25, 0.3) is 11.6 Å². The number of hydrogen-bond acceptors (Lipinski definition) is 4. The summed E-state index contributed by atoms with van der Waals surface area (Å²) in [5.74, 6) is -0.649. The number of carbonyl (C=O) groups excluding carboxylic acids is 2. The van der Waals surface area contributed by atoms with Crippen molar-refractivity contribution in [3.8, 4) is 0 Å². The summed E-state index contributed by atoms with van der Waals surface area (Å²) in [4.78, 5) is 35.2. The molecule has 7 heteroatoms. The predicted octanol–water partition coefficient (Wildman–Crippen LogP) is 5.65. The van der Waals surface area contributed by atoms with E-state index in [0.29, 0.717) is 16.8 Å². The molecule has 2 N–H and O–H groups in total. The predicted molar refractivity (Wildman–Crippen MR) is 129 cm³/mol. The van der Waals surface area contributed by atoms with E-state index in [4.69, 9.17) is 0 Å². The average molecular weight is 437 g/mol. The van der Waals surface area contributed by atoms with Crippen LogP contribution in [0.5, 0.6) is 0 Å². The highest BCUT2D eigenvalue weighted by molar-refractivity contribution is 6.09. The van der Waals surface area contributed by atoms with E-state index in [9.17, 15) is 19.7 Å². The molecule has 0 spiro atoms. The third kappa shape index (κ3) is 5.29. The summed E-state index contributed by atoms with van der Waals surface area (Å²) in [6.07, 6.45) is 2.79. The molecule has 33 heavy (non-hydrogen) atoms. The van der Waals surface area contributed by atoms with Crippen LogP contribution in [0.4, 0.5) is 17.1 Å². The van der Waals surface area contributed by atoms with Crippen LogP contribution in [-0.2, 0) is 4.79 Å². The monoisotopic (exact) mass is 437 g/mol. The molecular formula is C26H19N3O4. The first kappa shape index (κ1) is 21.5. The molecule has 0 bridgehead atoms. The lowest BCUT2D eigenvalue weighted by Crippen LogP contribution is -2.12. The molecule has 162 valence electrons. The number of benzene rings is 4. The van der Waals surface area contributed by atoms with Gasteiger partial charge < -0.3 is 10.6 Å². The summed E-state index contributed by atoms with van der Waals surface area (Å²) < 4.78 is 0. The molecule has 0 radical (unpaired) electrons. The van der Waals surface area contributed by atoms with Gasteiger partial charge in [-0.15, -0.1) is 0 Å². The van der Waals surface area contributed by atoms with E-state index in [0.717, 1.165) is 16.5 Å². The lowest BCUT2D eigenvalue weighted by atomic mass is 10.1. The van der Waals surface area contributed by atoms with Gasteiger partial charge in [-0.3, -0.25) is 19.7 Å². The van der Waals surface area contributed by atoms with Crippen LogP contribution in [0.2, 0.25) is 0 Å². The molecule has 4 rings (SSSR count). The maximum absolute atomic E-state index is 12.7. The molecule has 0 saturated carbocycles. The fraction of sp³-hybridized carbons (Fsp3) is 0. The first-order chi connectivity index (χ1) is 16.0. The number of rotatable bonds is 6. The molecule has 0 aliphatic rings. The SMILES string of the molecule is O=C(C=Cc1cccc([N+](=O)[O-])c1)Nc1ccc(C(=O)Nc2cccc3ccccc23)cc1. The van der Waals surface area contributed by atoms with Crippen molar-refractivity contribution in [2.45, 2.75) is 0 Å². The highest BCUT2D eigenvalue weighted by atomic mass is 16.6. The quantitative estimate of drug-likeness (QED) is 0.231. The van der Waals surface area contributed by atoms with Gasteiger partial charge in [0.2, 0.25) is 5.91 Å². The fourth-order valence-electron chi connectivity index (χ4n) is 3.33. The number of hydrogen-bond donors (Lipinski definition) is 2. The van der Waals surface area contributed by atoms with Gasteiger partial charge in [0.1, 0.15) is 0 Å². The van der Waals surface area contributed by atoms with Crippen LogP contribution in [0.1, 0.15) is 15.9 Å².